The summed E-state index contributed by atoms with van der Waals surface area (Å²) in [6.45, 7) is 4.43. The Bertz CT molecular complexity index is 684. The molecule has 2 aromatic rings. The third-order valence-electron chi connectivity index (χ3n) is 2.83. The molecule has 1 aromatic carbocycles. The van der Waals surface area contributed by atoms with E-state index in [-0.39, 0.29) is 18.3 Å². The molecule has 23 heavy (non-hydrogen) atoms. The lowest BCUT2D eigenvalue weighted by molar-refractivity contribution is -0.142. The second-order valence-corrected chi connectivity index (χ2v) is 5.61. The quantitative estimate of drug-likeness (QED) is 0.788. The van der Waals surface area contributed by atoms with Crippen LogP contribution < -0.4 is 10.1 Å². The van der Waals surface area contributed by atoms with Gasteiger partial charge >= 0.3 is 5.97 Å². The maximum absolute atomic E-state index is 12.3. The number of hydrogen-bond donors (Lipinski definition) is 1. The number of para-hydroxylation sites is 1. The maximum atomic E-state index is 12.3. The minimum absolute atomic E-state index is 0.150. The first-order chi connectivity index (χ1) is 11.1. The summed E-state index contributed by atoms with van der Waals surface area (Å²) in [5, 5.41) is 3.15. The summed E-state index contributed by atoms with van der Waals surface area (Å²) in [5.74, 6) is -0.0856. The van der Waals surface area contributed by atoms with E-state index in [2.05, 4.69) is 10.3 Å². The van der Waals surface area contributed by atoms with Crippen molar-refractivity contribution in [3.8, 4) is 5.75 Å². The molecule has 6 nitrogen and oxygen atoms in total. The van der Waals surface area contributed by atoms with Crippen molar-refractivity contribution in [3.63, 3.8) is 0 Å². The van der Waals surface area contributed by atoms with Gasteiger partial charge in [-0.3, -0.25) is 14.9 Å². The number of carbonyl (C=O) groups excluding carboxylic acids is 2. The van der Waals surface area contributed by atoms with Gasteiger partial charge < -0.3 is 9.47 Å². The van der Waals surface area contributed by atoms with Crippen LogP contribution in [0.3, 0.4) is 0 Å². The van der Waals surface area contributed by atoms with E-state index in [1.165, 1.54) is 11.3 Å². The van der Waals surface area contributed by atoms with Gasteiger partial charge in [0.2, 0.25) is 0 Å². The Hall–Kier alpha value is -2.41. The van der Waals surface area contributed by atoms with E-state index in [1.807, 2.05) is 13.0 Å². The lowest BCUT2D eigenvalue weighted by atomic mass is 10.2. The molecule has 1 aromatic heterocycles. The molecule has 0 fully saturated rings. The van der Waals surface area contributed by atoms with Crippen LogP contribution in [0.4, 0.5) is 5.13 Å². The number of nitrogens with zero attached hydrogens (tertiary/aromatic N) is 1. The summed E-state index contributed by atoms with van der Waals surface area (Å²) in [6, 6.07) is 7.01. The van der Waals surface area contributed by atoms with Crippen LogP contribution in [-0.4, -0.2) is 30.1 Å². The third-order valence-corrected chi connectivity index (χ3v) is 3.74. The summed E-state index contributed by atoms with van der Waals surface area (Å²) in [5.41, 5.74) is 0.441. The van der Waals surface area contributed by atoms with Crippen molar-refractivity contribution in [2.75, 3.05) is 18.5 Å². The number of thiazole rings is 1. The molecule has 0 unspecified atom stereocenters. The fourth-order valence-corrected chi connectivity index (χ4v) is 2.69. The minimum atomic E-state index is -0.310. The highest BCUT2D eigenvalue weighted by Crippen LogP contribution is 2.23. The molecule has 7 heteroatoms. The Labute approximate surface area is 138 Å². The SMILES string of the molecule is CCOC(=O)Cc1cnc(NC(=O)c2ccccc2OCC)s1. The summed E-state index contributed by atoms with van der Waals surface area (Å²) < 4.78 is 10.3. The highest BCUT2D eigenvalue weighted by atomic mass is 32.1. The number of hydrogen-bond acceptors (Lipinski definition) is 6. The van der Waals surface area contributed by atoms with Crippen LogP contribution in [0.2, 0.25) is 0 Å². The van der Waals surface area contributed by atoms with E-state index >= 15 is 0 Å². The van der Waals surface area contributed by atoms with E-state index in [1.54, 1.807) is 31.3 Å². The first-order valence-corrected chi connectivity index (χ1v) is 8.09. The van der Waals surface area contributed by atoms with Gasteiger partial charge in [0.25, 0.3) is 5.91 Å². The van der Waals surface area contributed by atoms with Gasteiger partial charge in [-0.15, -0.1) is 11.3 Å². The summed E-state index contributed by atoms with van der Waals surface area (Å²) in [4.78, 5) is 28.6. The predicted molar refractivity (Wildman–Crippen MR) is 88.0 cm³/mol. The average Bonchev–Trinajstić information content (AvgIpc) is 2.95. The average molecular weight is 334 g/mol. The van der Waals surface area contributed by atoms with Gasteiger partial charge in [0, 0.05) is 11.1 Å². The van der Waals surface area contributed by atoms with Crippen molar-refractivity contribution in [3.05, 3.63) is 40.9 Å². The number of rotatable bonds is 7. The largest absolute Gasteiger partial charge is 0.493 e. The molecule has 0 aliphatic rings. The molecular formula is C16H18N2O4S. The van der Waals surface area contributed by atoms with Gasteiger partial charge in [-0.1, -0.05) is 12.1 Å². The summed E-state index contributed by atoms with van der Waals surface area (Å²) in [6.07, 6.45) is 1.71. The Kier molecular flexibility index (Phi) is 6.10. The van der Waals surface area contributed by atoms with E-state index in [9.17, 15) is 9.59 Å². The van der Waals surface area contributed by atoms with Gasteiger partial charge in [0.05, 0.1) is 25.2 Å². The molecule has 0 aliphatic carbocycles. The topological polar surface area (TPSA) is 77.5 Å². The Balaban J connectivity index is 2.04. The number of aromatic nitrogens is 1. The van der Waals surface area contributed by atoms with Gasteiger partial charge in [-0.2, -0.15) is 0 Å². The van der Waals surface area contributed by atoms with Crippen LogP contribution in [-0.2, 0) is 16.0 Å². The molecule has 0 atom stereocenters. The van der Waals surface area contributed by atoms with E-state index < -0.39 is 0 Å². The second kappa shape index (κ2) is 8.28. The molecule has 0 aliphatic heterocycles. The first kappa shape index (κ1) is 17.0. The van der Waals surface area contributed by atoms with Crippen molar-refractivity contribution in [1.82, 2.24) is 4.98 Å². The number of amides is 1. The fourth-order valence-electron chi connectivity index (χ4n) is 1.90. The molecule has 0 spiro atoms. The lowest BCUT2D eigenvalue weighted by Crippen LogP contribution is -2.13. The smallest absolute Gasteiger partial charge is 0.311 e. The zero-order chi connectivity index (χ0) is 16.7. The standard InChI is InChI=1S/C16H18N2O4S/c1-3-21-13-8-6-5-7-12(13)15(20)18-16-17-10-11(23-16)9-14(19)22-4-2/h5-8,10H,3-4,9H2,1-2H3,(H,17,18,20). The maximum Gasteiger partial charge on any atom is 0.311 e. The third kappa shape index (κ3) is 4.79. The molecule has 0 bridgehead atoms. The summed E-state index contributed by atoms with van der Waals surface area (Å²) in [7, 11) is 0. The van der Waals surface area contributed by atoms with Crippen LogP contribution in [0.15, 0.2) is 30.5 Å². The monoisotopic (exact) mass is 334 g/mol. The highest BCUT2D eigenvalue weighted by molar-refractivity contribution is 7.15. The van der Waals surface area contributed by atoms with Crippen LogP contribution in [0.25, 0.3) is 0 Å². The van der Waals surface area contributed by atoms with Gasteiger partial charge in [0.1, 0.15) is 5.75 Å². The lowest BCUT2D eigenvalue weighted by Gasteiger charge is -2.08. The van der Waals surface area contributed by atoms with Crippen LogP contribution in [0.1, 0.15) is 29.1 Å². The molecule has 1 amide bonds. The second-order valence-electron chi connectivity index (χ2n) is 4.50. The summed E-state index contributed by atoms with van der Waals surface area (Å²) >= 11 is 1.24. The minimum Gasteiger partial charge on any atom is -0.493 e. The number of carbonyl (C=O) groups is 2. The number of benzene rings is 1. The number of esters is 1. The fraction of sp³-hybridized carbons (Fsp3) is 0.312. The van der Waals surface area contributed by atoms with Crippen molar-refractivity contribution >= 4 is 28.3 Å². The van der Waals surface area contributed by atoms with Crippen LogP contribution in [0, 0.1) is 0 Å². The molecule has 1 N–H and O–H groups in total. The van der Waals surface area contributed by atoms with Gasteiger partial charge in [-0.25, -0.2) is 4.98 Å². The molecule has 0 radical (unpaired) electrons. The molecule has 1 heterocycles. The van der Waals surface area contributed by atoms with Crippen molar-refractivity contribution in [2.45, 2.75) is 20.3 Å². The molecule has 0 saturated heterocycles. The molecular weight excluding hydrogens is 316 g/mol. The van der Waals surface area contributed by atoms with Crippen LogP contribution >= 0.6 is 11.3 Å². The molecule has 2 rings (SSSR count). The molecule has 122 valence electrons. The van der Waals surface area contributed by atoms with Gasteiger partial charge in [-0.05, 0) is 26.0 Å². The van der Waals surface area contributed by atoms with Crippen LogP contribution in [0.5, 0.6) is 5.75 Å². The van der Waals surface area contributed by atoms with Crippen molar-refractivity contribution < 1.29 is 19.1 Å². The van der Waals surface area contributed by atoms with Gasteiger partial charge in [0.15, 0.2) is 5.13 Å². The van der Waals surface area contributed by atoms with Crippen molar-refractivity contribution in [1.29, 1.82) is 0 Å². The first-order valence-electron chi connectivity index (χ1n) is 7.27. The molecule has 0 saturated carbocycles. The van der Waals surface area contributed by atoms with E-state index in [0.717, 1.165) is 4.88 Å². The Morgan fingerprint density at radius 2 is 2.00 bits per heavy atom. The normalized spacial score (nSPS) is 10.2. The highest BCUT2D eigenvalue weighted by Gasteiger charge is 2.14. The van der Waals surface area contributed by atoms with E-state index in [4.69, 9.17) is 9.47 Å². The van der Waals surface area contributed by atoms with E-state index in [0.29, 0.717) is 29.7 Å². The predicted octanol–water partition coefficient (Wildman–Crippen LogP) is 2.90. The number of nitrogens with one attached hydrogen (secondary N) is 1. The Morgan fingerprint density at radius 3 is 2.74 bits per heavy atom. The Morgan fingerprint density at radius 1 is 1.22 bits per heavy atom. The zero-order valence-corrected chi connectivity index (χ0v) is 13.8. The zero-order valence-electron chi connectivity index (χ0n) is 13.0. The number of ether oxygens (including phenoxy) is 2. The van der Waals surface area contributed by atoms with Crippen molar-refractivity contribution in [2.24, 2.45) is 0 Å². The number of anilines is 1.